The summed E-state index contributed by atoms with van der Waals surface area (Å²) in [6, 6.07) is 3.38. The minimum atomic E-state index is -4.44. The van der Waals surface area contributed by atoms with Crippen LogP contribution in [0.15, 0.2) is 18.2 Å². The summed E-state index contributed by atoms with van der Waals surface area (Å²) in [5.41, 5.74) is 5.09. The van der Waals surface area contributed by atoms with Crippen LogP contribution < -0.4 is 5.73 Å². The molecule has 0 aromatic heterocycles. The maximum Gasteiger partial charge on any atom is 0.411 e. The zero-order valence-corrected chi connectivity index (χ0v) is 9.67. The van der Waals surface area contributed by atoms with Crippen LogP contribution in [0.5, 0.6) is 0 Å². The van der Waals surface area contributed by atoms with Gasteiger partial charge in [-0.1, -0.05) is 0 Å². The highest BCUT2D eigenvalue weighted by atomic mass is 19.4. The zero-order valence-electron chi connectivity index (χ0n) is 9.67. The Bertz CT molecular complexity index is 448. The standard InChI is InChI=1S/C11H11F4NO3/c12-9-5-7(16)1-2-8(9)10(17)19-4-3-18-6-11(13,14)15/h1-2,5H,3-4,6,16H2. The van der Waals surface area contributed by atoms with Crippen LogP contribution in [-0.2, 0) is 9.47 Å². The van der Waals surface area contributed by atoms with Crippen molar-refractivity contribution in [3.63, 3.8) is 0 Å². The van der Waals surface area contributed by atoms with E-state index in [1.807, 2.05) is 0 Å². The van der Waals surface area contributed by atoms with E-state index in [-0.39, 0.29) is 11.3 Å². The summed E-state index contributed by atoms with van der Waals surface area (Å²) in [6.07, 6.45) is -4.44. The minimum absolute atomic E-state index is 0.141. The van der Waals surface area contributed by atoms with Crippen molar-refractivity contribution in [3.05, 3.63) is 29.6 Å². The third-order valence-electron chi connectivity index (χ3n) is 1.94. The SMILES string of the molecule is Nc1ccc(C(=O)OCCOCC(F)(F)F)c(F)c1. The second kappa shape index (κ2) is 6.37. The molecule has 2 N–H and O–H groups in total. The number of nitrogens with two attached hydrogens (primary N) is 1. The molecule has 0 bridgehead atoms. The summed E-state index contributed by atoms with van der Waals surface area (Å²) in [7, 11) is 0. The van der Waals surface area contributed by atoms with Gasteiger partial charge in [0.2, 0.25) is 0 Å². The van der Waals surface area contributed by atoms with Gasteiger partial charge in [-0.3, -0.25) is 0 Å². The number of nitrogen functional groups attached to an aromatic ring is 1. The Hall–Kier alpha value is -1.83. The molecule has 4 nitrogen and oxygen atoms in total. The van der Waals surface area contributed by atoms with E-state index in [4.69, 9.17) is 5.73 Å². The van der Waals surface area contributed by atoms with Gasteiger partial charge in [-0.05, 0) is 18.2 Å². The molecule has 0 spiro atoms. The third-order valence-corrected chi connectivity index (χ3v) is 1.94. The van der Waals surface area contributed by atoms with Gasteiger partial charge in [-0.25, -0.2) is 9.18 Å². The summed E-state index contributed by atoms with van der Waals surface area (Å²) >= 11 is 0. The van der Waals surface area contributed by atoms with Crippen LogP contribution in [0.3, 0.4) is 0 Å². The molecule has 0 saturated heterocycles. The van der Waals surface area contributed by atoms with E-state index < -0.39 is 37.8 Å². The Balaban J connectivity index is 2.36. The van der Waals surface area contributed by atoms with Gasteiger partial charge in [0.25, 0.3) is 0 Å². The predicted molar refractivity (Wildman–Crippen MR) is 58.0 cm³/mol. The molecule has 106 valence electrons. The lowest BCUT2D eigenvalue weighted by molar-refractivity contribution is -0.175. The van der Waals surface area contributed by atoms with Crippen LogP contribution in [0.1, 0.15) is 10.4 Å². The lowest BCUT2D eigenvalue weighted by atomic mass is 10.2. The Morgan fingerprint density at radius 3 is 2.53 bits per heavy atom. The second-order valence-corrected chi connectivity index (χ2v) is 3.54. The minimum Gasteiger partial charge on any atom is -0.460 e. The van der Waals surface area contributed by atoms with E-state index in [0.29, 0.717) is 0 Å². The van der Waals surface area contributed by atoms with Crippen molar-refractivity contribution < 1.29 is 31.8 Å². The molecule has 1 aromatic carbocycles. The van der Waals surface area contributed by atoms with E-state index in [1.165, 1.54) is 6.07 Å². The molecule has 0 saturated carbocycles. The molecule has 0 fully saturated rings. The number of ether oxygens (including phenoxy) is 2. The van der Waals surface area contributed by atoms with Crippen LogP contribution in [0.2, 0.25) is 0 Å². The first-order valence-corrected chi connectivity index (χ1v) is 5.16. The van der Waals surface area contributed by atoms with E-state index in [9.17, 15) is 22.4 Å². The molecule has 0 heterocycles. The molecule has 1 rings (SSSR count). The fourth-order valence-electron chi connectivity index (χ4n) is 1.16. The second-order valence-electron chi connectivity index (χ2n) is 3.54. The van der Waals surface area contributed by atoms with Crippen LogP contribution in [0, 0.1) is 5.82 Å². The summed E-state index contributed by atoms with van der Waals surface area (Å²) in [5, 5.41) is 0. The Kier molecular flexibility index (Phi) is 5.11. The number of carbonyl (C=O) groups is 1. The van der Waals surface area contributed by atoms with Gasteiger partial charge in [0.15, 0.2) is 0 Å². The lowest BCUT2D eigenvalue weighted by Crippen LogP contribution is -2.20. The lowest BCUT2D eigenvalue weighted by Gasteiger charge is -2.08. The first kappa shape index (κ1) is 15.2. The summed E-state index contributed by atoms with van der Waals surface area (Å²) in [5.74, 6) is -1.85. The molecule has 0 aliphatic rings. The normalized spacial score (nSPS) is 11.4. The molecule has 1 aromatic rings. The first-order valence-electron chi connectivity index (χ1n) is 5.16. The number of rotatable bonds is 5. The number of alkyl halides is 3. The van der Waals surface area contributed by atoms with Crippen molar-refractivity contribution in [2.24, 2.45) is 0 Å². The Morgan fingerprint density at radius 2 is 1.95 bits per heavy atom. The van der Waals surface area contributed by atoms with Crippen molar-refractivity contribution in [1.82, 2.24) is 0 Å². The molecule has 0 aliphatic heterocycles. The molecule has 0 aliphatic carbocycles. The number of hydrogen-bond donors (Lipinski definition) is 1. The highest BCUT2D eigenvalue weighted by Crippen LogP contribution is 2.15. The molecule has 0 amide bonds. The Morgan fingerprint density at radius 1 is 1.26 bits per heavy atom. The molecule has 19 heavy (non-hydrogen) atoms. The van der Waals surface area contributed by atoms with Crippen molar-refractivity contribution in [2.45, 2.75) is 6.18 Å². The van der Waals surface area contributed by atoms with Crippen LogP contribution in [-0.4, -0.2) is 32.0 Å². The van der Waals surface area contributed by atoms with Crippen molar-refractivity contribution in [2.75, 3.05) is 25.6 Å². The van der Waals surface area contributed by atoms with Gasteiger partial charge in [0.1, 0.15) is 19.0 Å². The smallest absolute Gasteiger partial charge is 0.411 e. The van der Waals surface area contributed by atoms with Gasteiger partial charge in [0.05, 0.1) is 12.2 Å². The first-order chi connectivity index (χ1) is 8.79. The number of anilines is 1. The number of carbonyl (C=O) groups excluding carboxylic acids is 1. The molecular formula is C11H11F4NO3. The van der Waals surface area contributed by atoms with Gasteiger partial charge in [-0.15, -0.1) is 0 Å². The quantitative estimate of drug-likeness (QED) is 0.389. The van der Waals surface area contributed by atoms with E-state index in [0.717, 1.165) is 12.1 Å². The third kappa shape index (κ3) is 5.56. The maximum absolute atomic E-state index is 13.3. The topological polar surface area (TPSA) is 61.6 Å². The highest BCUT2D eigenvalue weighted by Gasteiger charge is 2.27. The average Bonchev–Trinajstić information content (AvgIpc) is 2.26. The maximum atomic E-state index is 13.3. The predicted octanol–water partition coefficient (Wildman–Crippen LogP) is 2.14. The molecular weight excluding hydrogens is 270 g/mol. The monoisotopic (exact) mass is 281 g/mol. The van der Waals surface area contributed by atoms with Gasteiger partial charge in [-0.2, -0.15) is 13.2 Å². The van der Waals surface area contributed by atoms with Gasteiger partial charge >= 0.3 is 12.1 Å². The van der Waals surface area contributed by atoms with Crippen LogP contribution in [0.25, 0.3) is 0 Å². The number of halogens is 4. The molecule has 0 radical (unpaired) electrons. The Labute approximate surface area is 106 Å². The van der Waals surface area contributed by atoms with Crippen molar-refractivity contribution in [1.29, 1.82) is 0 Å². The zero-order chi connectivity index (χ0) is 14.5. The van der Waals surface area contributed by atoms with Gasteiger partial charge < -0.3 is 15.2 Å². The number of esters is 1. The van der Waals surface area contributed by atoms with Crippen LogP contribution in [0.4, 0.5) is 23.2 Å². The van der Waals surface area contributed by atoms with E-state index in [1.54, 1.807) is 0 Å². The number of hydrogen-bond acceptors (Lipinski definition) is 4. The highest BCUT2D eigenvalue weighted by molar-refractivity contribution is 5.90. The molecule has 0 unspecified atom stereocenters. The summed E-state index contributed by atoms with van der Waals surface area (Å²) in [4.78, 5) is 11.4. The molecule has 8 heteroatoms. The fourth-order valence-corrected chi connectivity index (χ4v) is 1.16. The summed E-state index contributed by atoms with van der Waals surface area (Å²) < 4.78 is 57.1. The average molecular weight is 281 g/mol. The van der Waals surface area contributed by atoms with Crippen molar-refractivity contribution in [3.8, 4) is 0 Å². The van der Waals surface area contributed by atoms with Crippen LogP contribution >= 0.6 is 0 Å². The largest absolute Gasteiger partial charge is 0.460 e. The fraction of sp³-hybridized carbons (Fsp3) is 0.364. The number of benzene rings is 1. The van der Waals surface area contributed by atoms with Crippen molar-refractivity contribution >= 4 is 11.7 Å². The van der Waals surface area contributed by atoms with E-state index >= 15 is 0 Å². The van der Waals surface area contributed by atoms with E-state index in [2.05, 4.69) is 9.47 Å². The van der Waals surface area contributed by atoms with Gasteiger partial charge in [0, 0.05) is 5.69 Å². The molecule has 0 atom stereocenters. The summed E-state index contributed by atoms with van der Waals surface area (Å²) in [6.45, 7) is -2.26.